The van der Waals surface area contributed by atoms with Crippen LogP contribution in [-0.2, 0) is 6.18 Å². The summed E-state index contributed by atoms with van der Waals surface area (Å²) >= 11 is 0. The largest absolute Gasteiger partial charge is 0.494 e. The number of benzene rings is 2. The van der Waals surface area contributed by atoms with Gasteiger partial charge in [0.15, 0.2) is 0 Å². The highest BCUT2D eigenvalue weighted by Crippen LogP contribution is 2.35. The van der Waals surface area contributed by atoms with Crippen molar-refractivity contribution >= 4 is 28.7 Å². The Hall–Kier alpha value is -4.20. The molecule has 2 aromatic carbocycles. The number of pyridine rings is 1. The van der Waals surface area contributed by atoms with Crippen molar-refractivity contribution in [2.75, 3.05) is 22.6 Å². The molecule has 0 amide bonds. The van der Waals surface area contributed by atoms with Crippen LogP contribution in [0.15, 0.2) is 97.4 Å². The number of anilines is 5. The first-order chi connectivity index (χ1) is 16.8. The van der Waals surface area contributed by atoms with E-state index in [0.717, 1.165) is 23.5 Å². The van der Waals surface area contributed by atoms with Crippen LogP contribution in [0.1, 0.15) is 12.5 Å². The van der Waals surface area contributed by atoms with Gasteiger partial charge in [-0.3, -0.25) is 0 Å². The number of hydrogen-bond donors (Lipinski definition) is 2. The Morgan fingerprint density at radius 2 is 1.66 bits per heavy atom. The zero-order valence-electron chi connectivity index (χ0n) is 19.3. The van der Waals surface area contributed by atoms with Crippen LogP contribution >= 0.6 is 0 Å². The van der Waals surface area contributed by atoms with Gasteiger partial charge in [0.1, 0.15) is 17.4 Å². The van der Waals surface area contributed by atoms with E-state index in [1.165, 1.54) is 17.7 Å². The molecule has 1 aliphatic heterocycles. The molecule has 35 heavy (non-hydrogen) atoms. The van der Waals surface area contributed by atoms with Gasteiger partial charge in [0.2, 0.25) is 0 Å². The average Bonchev–Trinajstić information content (AvgIpc) is 2.84. The van der Waals surface area contributed by atoms with Gasteiger partial charge >= 0.3 is 6.18 Å². The van der Waals surface area contributed by atoms with Crippen LogP contribution in [0.5, 0.6) is 5.75 Å². The van der Waals surface area contributed by atoms with E-state index in [9.17, 15) is 13.2 Å². The predicted octanol–water partition coefficient (Wildman–Crippen LogP) is 7.64. The van der Waals surface area contributed by atoms with Gasteiger partial charge in [0, 0.05) is 35.8 Å². The summed E-state index contributed by atoms with van der Waals surface area (Å²) in [7, 11) is 1.62. The van der Waals surface area contributed by atoms with E-state index in [4.69, 9.17) is 4.74 Å². The van der Waals surface area contributed by atoms with Crippen LogP contribution in [0.2, 0.25) is 0 Å². The van der Waals surface area contributed by atoms with Crippen LogP contribution in [0.3, 0.4) is 0 Å². The van der Waals surface area contributed by atoms with E-state index in [0.29, 0.717) is 23.1 Å². The highest BCUT2D eigenvalue weighted by Gasteiger charge is 2.29. The predicted molar refractivity (Wildman–Crippen MR) is 134 cm³/mol. The van der Waals surface area contributed by atoms with Gasteiger partial charge in [-0.05, 0) is 61.0 Å². The van der Waals surface area contributed by atoms with Crippen molar-refractivity contribution in [1.82, 2.24) is 4.98 Å². The summed E-state index contributed by atoms with van der Waals surface area (Å²) in [6, 6.07) is 15.9. The Morgan fingerprint density at radius 1 is 1.00 bits per heavy atom. The third-order valence-electron chi connectivity index (χ3n) is 5.54. The monoisotopic (exact) mass is 478 g/mol. The molecule has 3 aromatic rings. The van der Waals surface area contributed by atoms with Crippen LogP contribution in [0.4, 0.5) is 41.9 Å². The summed E-state index contributed by atoms with van der Waals surface area (Å²) in [5.41, 5.74) is 2.64. The molecular weight excluding hydrogens is 453 g/mol. The SMILES string of the molecule is C=CC1C=CN(c2ccc(Nc3cccc(Nc4ccc(C(F)(F)F)cc4)n3)cc2OC)C=C1C. The minimum atomic E-state index is -4.37. The number of alkyl halides is 3. The Labute approximate surface area is 202 Å². The molecule has 1 atom stereocenters. The average molecular weight is 479 g/mol. The molecule has 180 valence electrons. The molecule has 1 aromatic heterocycles. The number of nitrogens with one attached hydrogen (secondary N) is 2. The van der Waals surface area contributed by atoms with Crippen LogP contribution in [0.25, 0.3) is 0 Å². The molecule has 0 radical (unpaired) electrons. The molecule has 5 nitrogen and oxygen atoms in total. The Kier molecular flexibility index (Phi) is 6.82. The maximum absolute atomic E-state index is 12.8. The van der Waals surface area contributed by atoms with Crippen LogP contribution < -0.4 is 20.3 Å². The van der Waals surface area contributed by atoms with E-state index in [1.54, 1.807) is 25.3 Å². The molecule has 1 aliphatic rings. The van der Waals surface area contributed by atoms with Crippen molar-refractivity contribution in [2.24, 2.45) is 5.92 Å². The number of hydrogen-bond acceptors (Lipinski definition) is 5. The topological polar surface area (TPSA) is 49.4 Å². The minimum Gasteiger partial charge on any atom is -0.494 e. The summed E-state index contributed by atoms with van der Waals surface area (Å²) in [4.78, 5) is 6.51. The highest BCUT2D eigenvalue weighted by molar-refractivity contribution is 5.71. The van der Waals surface area contributed by atoms with E-state index in [-0.39, 0.29) is 5.92 Å². The quantitative estimate of drug-likeness (QED) is 0.342. The second-order valence-electron chi connectivity index (χ2n) is 8.00. The molecule has 0 fully saturated rings. The van der Waals surface area contributed by atoms with Gasteiger partial charge in [-0.2, -0.15) is 13.2 Å². The second kappa shape index (κ2) is 9.97. The van der Waals surface area contributed by atoms with Gasteiger partial charge in [-0.15, -0.1) is 6.58 Å². The van der Waals surface area contributed by atoms with Crippen molar-refractivity contribution in [3.05, 3.63) is 103 Å². The number of aromatic nitrogens is 1. The first-order valence-electron chi connectivity index (χ1n) is 10.9. The normalized spacial score (nSPS) is 15.4. The summed E-state index contributed by atoms with van der Waals surface area (Å²) in [6.07, 6.45) is 3.65. The lowest BCUT2D eigenvalue weighted by molar-refractivity contribution is -0.137. The lowest BCUT2D eigenvalue weighted by Crippen LogP contribution is -2.15. The molecule has 0 aliphatic carbocycles. The Morgan fingerprint density at radius 3 is 2.26 bits per heavy atom. The Balaban J connectivity index is 1.49. The van der Waals surface area contributed by atoms with Crippen molar-refractivity contribution in [3.8, 4) is 5.75 Å². The number of nitrogens with zero attached hydrogens (tertiary/aromatic N) is 2. The second-order valence-corrected chi connectivity index (χ2v) is 8.00. The van der Waals surface area contributed by atoms with E-state index in [1.807, 2.05) is 35.4 Å². The van der Waals surface area contributed by atoms with Crippen LogP contribution in [0, 0.1) is 5.92 Å². The summed E-state index contributed by atoms with van der Waals surface area (Å²) < 4.78 is 44.0. The first-order valence-corrected chi connectivity index (χ1v) is 10.9. The lowest BCUT2D eigenvalue weighted by Gasteiger charge is -2.25. The Bertz CT molecular complexity index is 1270. The van der Waals surface area contributed by atoms with Crippen molar-refractivity contribution in [1.29, 1.82) is 0 Å². The molecule has 0 saturated heterocycles. The molecule has 1 unspecified atom stereocenters. The van der Waals surface area contributed by atoms with Gasteiger partial charge in [-0.25, -0.2) is 4.98 Å². The molecule has 8 heteroatoms. The van der Waals surface area contributed by atoms with Gasteiger partial charge in [0.25, 0.3) is 0 Å². The van der Waals surface area contributed by atoms with E-state index < -0.39 is 11.7 Å². The fraction of sp³-hybridized carbons (Fsp3) is 0.148. The fourth-order valence-corrected chi connectivity index (χ4v) is 3.68. The zero-order chi connectivity index (χ0) is 25.0. The maximum Gasteiger partial charge on any atom is 0.416 e. The third kappa shape index (κ3) is 5.66. The van der Waals surface area contributed by atoms with Crippen LogP contribution in [-0.4, -0.2) is 12.1 Å². The van der Waals surface area contributed by atoms with Crippen molar-refractivity contribution in [3.63, 3.8) is 0 Å². The summed E-state index contributed by atoms with van der Waals surface area (Å²) in [5.74, 6) is 1.96. The van der Waals surface area contributed by atoms with Crippen molar-refractivity contribution in [2.45, 2.75) is 13.1 Å². The number of ether oxygens (including phenoxy) is 1. The fourth-order valence-electron chi connectivity index (χ4n) is 3.68. The molecule has 4 rings (SSSR count). The molecule has 2 N–H and O–H groups in total. The van der Waals surface area contributed by atoms with Gasteiger partial charge in [-0.1, -0.05) is 18.2 Å². The maximum atomic E-state index is 12.8. The number of halogens is 3. The molecule has 0 saturated carbocycles. The number of methoxy groups -OCH3 is 1. The van der Waals surface area contributed by atoms with E-state index in [2.05, 4.69) is 41.4 Å². The van der Waals surface area contributed by atoms with E-state index >= 15 is 0 Å². The first kappa shape index (κ1) is 23.9. The third-order valence-corrected chi connectivity index (χ3v) is 5.54. The number of rotatable bonds is 7. The lowest BCUT2D eigenvalue weighted by atomic mass is 9.99. The minimum absolute atomic E-state index is 0.215. The van der Waals surface area contributed by atoms with Gasteiger partial charge in [0.05, 0.1) is 18.4 Å². The summed E-state index contributed by atoms with van der Waals surface area (Å²) in [5, 5.41) is 6.27. The highest BCUT2D eigenvalue weighted by atomic mass is 19.4. The standard InChI is InChI=1S/C27H25F3N4O/c1-4-19-14-15-34(17-18(19)2)23-13-12-22(16-24(23)35-3)32-26-7-5-6-25(33-26)31-21-10-8-20(9-11-21)27(28,29)30/h4-17,19H,1H2,2-3H3,(H2,31,32,33). The van der Waals surface area contributed by atoms with Crippen molar-refractivity contribution < 1.29 is 17.9 Å². The molecular formula is C27H25F3N4O. The molecule has 0 bridgehead atoms. The summed E-state index contributed by atoms with van der Waals surface area (Å²) in [6.45, 7) is 5.92. The van der Waals surface area contributed by atoms with Gasteiger partial charge < -0.3 is 20.3 Å². The number of allylic oxidation sites excluding steroid dienone is 3. The smallest absolute Gasteiger partial charge is 0.416 e. The molecule has 2 heterocycles. The molecule has 0 spiro atoms. The zero-order valence-corrected chi connectivity index (χ0v) is 19.3.